The monoisotopic (exact) mass is 368 g/mol. The minimum absolute atomic E-state index is 0.157. The Balaban J connectivity index is 1.59. The van der Waals surface area contributed by atoms with Gasteiger partial charge >= 0.3 is 0 Å². The van der Waals surface area contributed by atoms with E-state index < -0.39 is 0 Å². The molecule has 1 aromatic rings. The standard InChI is InChI=1S/C25H36O2/c1-17-21-9-10-23(18-7-5-4-6-8-18)25(21,3)14-12-22(17)24(2)13-11-20(27)15-19(24)16-26/h4-8,10,17,19-22,26-27H,9,11-16H2,1-3H3/t17-,19+,20-,21-,22-,24-,25-/m0/s1. The lowest BCUT2D eigenvalue weighted by Gasteiger charge is -2.56. The Morgan fingerprint density at radius 3 is 2.48 bits per heavy atom. The molecule has 2 heteroatoms. The van der Waals surface area contributed by atoms with Crippen molar-refractivity contribution in [3.63, 3.8) is 0 Å². The van der Waals surface area contributed by atoms with E-state index in [2.05, 4.69) is 57.2 Å². The molecule has 3 aliphatic carbocycles. The van der Waals surface area contributed by atoms with Crippen molar-refractivity contribution in [1.29, 1.82) is 0 Å². The maximum atomic E-state index is 10.1. The van der Waals surface area contributed by atoms with Gasteiger partial charge in [-0.05, 0) is 84.2 Å². The van der Waals surface area contributed by atoms with Gasteiger partial charge in [0, 0.05) is 6.61 Å². The highest BCUT2D eigenvalue weighted by Crippen LogP contribution is 2.63. The first-order valence-corrected chi connectivity index (χ1v) is 10.9. The summed E-state index contributed by atoms with van der Waals surface area (Å²) in [4.78, 5) is 0. The lowest BCUT2D eigenvalue weighted by atomic mass is 9.49. The molecule has 2 N–H and O–H groups in total. The molecule has 4 rings (SSSR count). The molecular formula is C25H36O2. The Morgan fingerprint density at radius 2 is 1.78 bits per heavy atom. The van der Waals surface area contributed by atoms with Gasteiger partial charge in [0.05, 0.1) is 6.10 Å². The number of fused-ring (bicyclic) bond motifs is 1. The van der Waals surface area contributed by atoms with Crippen LogP contribution < -0.4 is 0 Å². The summed E-state index contributed by atoms with van der Waals surface area (Å²) < 4.78 is 0. The van der Waals surface area contributed by atoms with E-state index in [1.165, 1.54) is 24.8 Å². The van der Waals surface area contributed by atoms with E-state index in [-0.39, 0.29) is 29.5 Å². The Bertz CT molecular complexity index is 696. The highest BCUT2D eigenvalue weighted by molar-refractivity contribution is 5.72. The van der Waals surface area contributed by atoms with Crippen molar-refractivity contribution in [2.45, 2.75) is 65.4 Å². The van der Waals surface area contributed by atoms with Gasteiger partial charge < -0.3 is 10.2 Å². The van der Waals surface area contributed by atoms with E-state index >= 15 is 0 Å². The van der Waals surface area contributed by atoms with Crippen molar-refractivity contribution in [2.24, 2.45) is 34.5 Å². The van der Waals surface area contributed by atoms with Crippen LogP contribution in [0.1, 0.15) is 64.9 Å². The van der Waals surface area contributed by atoms with E-state index in [0.717, 1.165) is 19.3 Å². The average molecular weight is 369 g/mol. The third-order valence-corrected chi connectivity index (χ3v) is 8.91. The molecule has 0 bridgehead atoms. The van der Waals surface area contributed by atoms with Gasteiger partial charge in [0.25, 0.3) is 0 Å². The van der Waals surface area contributed by atoms with E-state index in [9.17, 15) is 10.2 Å². The van der Waals surface area contributed by atoms with Gasteiger partial charge in [-0.1, -0.05) is 57.2 Å². The van der Waals surface area contributed by atoms with Crippen LogP contribution in [-0.4, -0.2) is 22.9 Å². The van der Waals surface area contributed by atoms with Gasteiger partial charge in [-0.2, -0.15) is 0 Å². The predicted molar refractivity (Wildman–Crippen MR) is 111 cm³/mol. The number of rotatable bonds is 3. The second-order valence-electron chi connectivity index (χ2n) is 10.1. The topological polar surface area (TPSA) is 40.5 Å². The van der Waals surface area contributed by atoms with Crippen molar-refractivity contribution in [1.82, 2.24) is 0 Å². The lowest BCUT2D eigenvalue weighted by molar-refractivity contribution is -0.0884. The molecule has 0 heterocycles. The molecule has 0 radical (unpaired) electrons. The molecule has 0 unspecified atom stereocenters. The maximum absolute atomic E-state index is 10.1. The second-order valence-corrected chi connectivity index (χ2v) is 10.1. The number of allylic oxidation sites excluding steroid dienone is 2. The van der Waals surface area contributed by atoms with Crippen molar-refractivity contribution in [3.05, 3.63) is 42.0 Å². The summed E-state index contributed by atoms with van der Waals surface area (Å²) in [5.41, 5.74) is 3.38. The van der Waals surface area contributed by atoms with Gasteiger partial charge in [0.15, 0.2) is 0 Å². The summed E-state index contributed by atoms with van der Waals surface area (Å²) in [6, 6.07) is 10.9. The molecule has 7 atom stereocenters. The van der Waals surface area contributed by atoms with E-state index in [4.69, 9.17) is 0 Å². The van der Waals surface area contributed by atoms with Crippen LogP contribution in [0.4, 0.5) is 0 Å². The van der Waals surface area contributed by atoms with Gasteiger partial charge in [-0.15, -0.1) is 0 Å². The number of aliphatic hydroxyl groups is 2. The molecule has 2 fully saturated rings. The van der Waals surface area contributed by atoms with Crippen LogP contribution in [0, 0.1) is 34.5 Å². The highest BCUT2D eigenvalue weighted by atomic mass is 16.3. The SMILES string of the molecule is C[C@@H]1[C@@H]([C@@]2(C)CC[C@H](O)C[C@@H]2CO)CC[C@]2(C)C(c3ccccc3)=CC[C@@H]12. The molecule has 0 spiro atoms. The van der Waals surface area contributed by atoms with Crippen LogP contribution in [-0.2, 0) is 0 Å². The van der Waals surface area contributed by atoms with Gasteiger partial charge in [-0.25, -0.2) is 0 Å². The molecular weight excluding hydrogens is 332 g/mol. The summed E-state index contributed by atoms with van der Waals surface area (Å²) in [7, 11) is 0. The van der Waals surface area contributed by atoms with Crippen molar-refractivity contribution < 1.29 is 10.2 Å². The number of benzene rings is 1. The number of aliphatic hydroxyl groups excluding tert-OH is 2. The first-order chi connectivity index (χ1) is 12.9. The minimum Gasteiger partial charge on any atom is -0.396 e. The fourth-order valence-corrected chi connectivity index (χ4v) is 7.22. The van der Waals surface area contributed by atoms with Crippen molar-refractivity contribution in [2.75, 3.05) is 6.61 Å². The molecule has 3 aliphatic rings. The van der Waals surface area contributed by atoms with E-state index in [1.807, 2.05) is 0 Å². The van der Waals surface area contributed by atoms with Crippen LogP contribution in [0.2, 0.25) is 0 Å². The van der Waals surface area contributed by atoms with Crippen LogP contribution in [0.3, 0.4) is 0 Å². The highest BCUT2D eigenvalue weighted by Gasteiger charge is 2.55. The second kappa shape index (κ2) is 7.04. The summed E-state index contributed by atoms with van der Waals surface area (Å²) in [5.74, 6) is 2.22. The predicted octanol–water partition coefficient (Wildman–Crippen LogP) is 5.30. The van der Waals surface area contributed by atoms with Crippen LogP contribution >= 0.6 is 0 Å². The Kier molecular flexibility index (Phi) is 5.01. The van der Waals surface area contributed by atoms with Crippen LogP contribution in [0.15, 0.2) is 36.4 Å². The molecule has 0 amide bonds. The Labute approximate surface area is 164 Å². The number of hydrogen-bond acceptors (Lipinski definition) is 2. The van der Waals surface area contributed by atoms with Crippen molar-refractivity contribution >= 4 is 5.57 Å². The first-order valence-electron chi connectivity index (χ1n) is 10.9. The zero-order chi connectivity index (χ0) is 19.2. The smallest absolute Gasteiger partial charge is 0.0544 e. The first kappa shape index (κ1) is 19.2. The van der Waals surface area contributed by atoms with Gasteiger partial charge in [0.1, 0.15) is 0 Å². The van der Waals surface area contributed by atoms with Gasteiger partial charge in [-0.3, -0.25) is 0 Å². The fourth-order valence-electron chi connectivity index (χ4n) is 7.22. The van der Waals surface area contributed by atoms with Crippen LogP contribution in [0.5, 0.6) is 0 Å². The Hall–Kier alpha value is -1.12. The lowest BCUT2D eigenvalue weighted by Crippen LogP contribution is -2.50. The summed E-state index contributed by atoms with van der Waals surface area (Å²) in [6.45, 7) is 7.59. The average Bonchev–Trinajstić information content (AvgIpc) is 3.02. The molecule has 148 valence electrons. The summed E-state index contributed by atoms with van der Waals surface area (Å²) in [6.07, 6.45) is 8.66. The minimum atomic E-state index is -0.225. The third kappa shape index (κ3) is 3.00. The summed E-state index contributed by atoms with van der Waals surface area (Å²) >= 11 is 0. The molecule has 1 aromatic carbocycles. The Morgan fingerprint density at radius 1 is 1.04 bits per heavy atom. The number of hydrogen-bond donors (Lipinski definition) is 2. The normalized spacial score (nSPS) is 44.6. The maximum Gasteiger partial charge on any atom is 0.0544 e. The van der Waals surface area contributed by atoms with E-state index in [0.29, 0.717) is 17.8 Å². The molecule has 2 nitrogen and oxygen atoms in total. The zero-order valence-electron chi connectivity index (χ0n) is 17.2. The van der Waals surface area contributed by atoms with E-state index in [1.54, 1.807) is 5.57 Å². The molecule has 2 saturated carbocycles. The molecule has 0 aromatic heterocycles. The quantitative estimate of drug-likeness (QED) is 0.760. The summed E-state index contributed by atoms with van der Waals surface area (Å²) in [5, 5.41) is 20.2. The molecule has 27 heavy (non-hydrogen) atoms. The molecule has 0 aliphatic heterocycles. The molecule has 0 saturated heterocycles. The fraction of sp³-hybridized carbons (Fsp3) is 0.680. The largest absolute Gasteiger partial charge is 0.396 e. The third-order valence-electron chi connectivity index (χ3n) is 8.91. The van der Waals surface area contributed by atoms with Crippen LogP contribution in [0.25, 0.3) is 5.57 Å². The zero-order valence-corrected chi connectivity index (χ0v) is 17.2. The van der Waals surface area contributed by atoms with Gasteiger partial charge in [0.2, 0.25) is 0 Å². The van der Waals surface area contributed by atoms with Crippen molar-refractivity contribution in [3.8, 4) is 0 Å².